The van der Waals surface area contributed by atoms with Crippen molar-refractivity contribution in [2.24, 2.45) is 0 Å². The van der Waals surface area contributed by atoms with Gasteiger partial charge >= 0.3 is 0 Å². The van der Waals surface area contributed by atoms with Crippen LogP contribution in [0.1, 0.15) is 31.2 Å². The minimum atomic E-state index is 0.303. The molecule has 0 saturated carbocycles. The average molecular weight is 288 g/mol. The lowest BCUT2D eigenvalue weighted by atomic mass is 10.1. The summed E-state index contributed by atoms with van der Waals surface area (Å²) in [6.07, 6.45) is 3.95. The zero-order valence-corrected chi connectivity index (χ0v) is 12.5. The van der Waals surface area contributed by atoms with Gasteiger partial charge in [-0.05, 0) is 24.8 Å². The third-order valence-electron chi connectivity index (χ3n) is 4.38. The lowest BCUT2D eigenvalue weighted by Gasteiger charge is -2.24. The van der Waals surface area contributed by atoms with Crippen LogP contribution in [0.2, 0.25) is 0 Å². The summed E-state index contributed by atoms with van der Waals surface area (Å²) in [5.74, 6) is 0.303. The van der Waals surface area contributed by atoms with Crippen LogP contribution in [0.15, 0.2) is 30.3 Å². The van der Waals surface area contributed by atoms with Crippen LogP contribution in [0.5, 0.6) is 0 Å². The molecule has 0 spiro atoms. The Morgan fingerprint density at radius 1 is 1.19 bits per heavy atom. The number of carbonyl (C=O) groups excluding carboxylic acids is 1. The maximum atomic E-state index is 12.1. The Bertz CT molecular complexity index is 463. The van der Waals surface area contributed by atoms with Crippen LogP contribution in [-0.4, -0.2) is 42.6 Å². The molecule has 4 nitrogen and oxygen atoms in total. The van der Waals surface area contributed by atoms with Gasteiger partial charge < -0.3 is 15.0 Å². The molecule has 3 rings (SSSR count). The molecule has 114 valence electrons. The first-order valence-corrected chi connectivity index (χ1v) is 7.97. The molecule has 2 saturated heterocycles. The summed E-state index contributed by atoms with van der Waals surface area (Å²) >= 11 is 0. The molecule has 2 aliphatic heterocycles. The van der Waals surface area contributed by atoms with Crippen molar-refractivity contribution in [1.29, 1.82) is 0 Å². The Morgan fingerprint density at radius 2 is 2.00 bits per heavy atom. The van der Waals surface area contributed by atoms with Crippen molar-refractivity contribution in [3.63, 3.8) is 0 Å². The highest BCUT2D eigenvalue weighted by atomic mass is 16.5. The first-order valence-electron chi connectivity index (χ1n) is 7.97. The second-order valence-corrected chi connectivity index (χ2v) is 6.07. The molecular formula is C17H24N2O2. The fraction of sp³-hybridized carbons (Fsp3) is 0.588. The van der Waals surface area contributed by atoms with Gasteiger partial charge in [-0.1, -0.05) is 30.3 Å². The van der Waals surface area contributed by atoms with Crippen molar-refractivity contribution < 1.29 is 9.53 Å². The molecule has 2 heterocycles. The minimum absolute atomic E-state index is 0.303. The number of hydrogen-bond donors (Lipinski definition) is 1. The Hall–Kier alpha value is -1.39. The highest BCUT2D eigenvalue weighted by Gasteiger charge is 2.32. The van der Waals surface area contributed by atoms with E-state index in [9.17, 15) is 4.79 Å². The third-order valence-corrected chi connectivity index (χ3v) is 4.38. The third kappa shape index (κ3) is 4.05. The Balaban J connectivity index is 1.36. The van der Waals surface area contributed by atoms with Crippen molar-refractivity contribution >= 4 is 5.91 Å². The van der Waals surface area contributed by atoms with Crippen molar-refractivity contribution in [2.75, 3.05) is 19.7 Å². The van der Waals surface area contributed by atoms with Gasteiger partial charge in [-0.2, -0.15) is 0 Å². The van der Waals surface area contributed by atoms with Crippen molar-refractivity contribution in [2.45, 2.75) is 44.4 Å². The predicted octanol–water partition coefficient (Wildman–Crippen LogP) is 1.95. The quantitative estimate of drug-likeness (QED) is 0.814. The maximum absolute atomic E-state index is 12.1. The summed E-state index contributed by atoms with van der Waals surface area (Å²) in [6.45, 7) is 3.05. The molecule has 2 atom stereocenters. The monoisotopic (exact) mass is 288 g/mol. The Morgan fingerprint density at radius 3 is 2.86 bits per heavy atom. The number of fused-ring (bicyclic) bond motifs is 2. The fourth-order valence-corrected chi connectivity index (χ4v) is 3.25. The number of likely N-dealkylation sites (tertiary alicyclic amines) is 1. The summed E-state index contributed by atoms with van der Waals surface area (Å²) in [7, 11) is 0. The van der Waals surface area contributed by atoms with E-state index in [-0.39, 0.29) is 0 Å². The van der Waals surface area contributed by atoms with Gasteiger partial charge in [0.1, 0.15) is 0 Å². The minimum Gasteiger partial charge on any atom is -0.377 e. The van der Waals surface area contributed by atoms with Crippen LogP contribution < -0.4 is 5.32 Å². The van der Waals surface area contributed by atoms with E-state index in [0.717, 1.165) is 25.9 Å². The molecule has 2 fully saturated rings. The first-order chi connectivity index (χ1) is 10.3. The molecule has 2 aliphatic rings. The van der Waals surface area contributed by atoms with E-state index in [1.807, 2.05) is 23.1 Å². The SMILES string of the molecule is O=C1C[C@@H]2CC[C@H](CN1CCCOCc1ccccc1)N2. The van der Waals surface area contributed by atoms with Gasteiger partial charge in [0.15, 0.2) is 0 Å². The lowest BCUT2D eigenvalue weighted by molar-refractivity contribution is -0.131. The van der Waals surface area contributed by atoms with Crippen molar-refractivity contribution in [3.05, 3.63) is 35.9 Å². The number of carbonyl (C=O) groups is 1. The standard InChI is InChI=1S/C17H24N2O2/c20-17-11-15-7-8-16(18-15)12-19(17)9-4-10-21-13-14-5-2-1-3-6-14/h1-3,5-6,15-16,18H,4,7-13H2/t15-,16+/m0/s1. The van der Waals surface area contributed by atoms with Crippen LogP contribution in [0.3, 0.4) is 0 Å². The molecule has 1 aromatic rings. The van der Waals surface area contributed by atoms with Gasteiger partial charge in [0.2, 0.25) is 5.91 Å². The van der Waals surface area contributed by atoms with Crippen LogP contribution >= 0.6 is 0 Å². The number of rotatable bonds is 6. The number of nitrogens with zero attached hydrogens (tertiary/aromatic N) is 1. The van der Waals surface area contributed by atoms with E-state index in [1.165, 1.54) is 12.0 Å². The van der Waals surface area contributed by atoms with Crippen LogP contribution in [0.25, 0.3) is 0 Å². The van der Waals surface area contributed by atoms with E-state index in [1.54, 1.807) is 0 Å². The number of amides is 1. The zero-order valence-electron chi connectivity index (χ0n) is 12.5. The normalized spacial score (nSPS) is 25.1. The molecule has 1 aromatic carbocycles. The molecule has 0 aliphatic carbocycles. The van der Waals surface area contributed by atoms with Crippen LogP contribution in [0.4, 0.5) is 0 Å². The van der Waals surface area contributed by atoms with Gasteiger partial charge in [-0.25, -0.2) is 0 Å². The second-order valence-electron chi connectivity index (χ2n) is 6.07. The highest BCUT2D eigenvalue weighted by molar-refractivity contribution is 5.77. The van der Waals surface area contributed by atoms with E-state index in [4.69, 9.17) is 4.74 Å². The van der Waals surface area contributed by atoms with Crippen LogP contribution in [-0.2, 0) is 16.1 Å². The average Bonchev–Trinajstić information content (AvgIpc) is 2.86. The summed E-state index contributed by atoms with van der Waals surface area (Å²) < 4.78 is 5.69. The van der Waals surface area contributed by atoms with E-state index >= 15 is 0 Å². The number of benzene rings is 1. The van der Waals surface area contributed by atoms with Gasteiger partial charge in [-0.15, -0.1) is 0 Å². The number of ether oxygens (including phenoxy) is 1. The largest absolute Gasteiger partial charge is 0.377 e. The fourth-order valence-electron chi connectivity index (χ4n) is 3.25. The zero-order chi connectivity index (χ0) is 14.5. The smallest absolute Gasteiger partial charge is 0.224 e. The molecule has 0 aromatic heterocycles. The topological polar surface area (TPSA) is 41.6 Å². The number of hydrogen-bond acceptors (Lipinski definition) is 3. The molecular weight excluding hydrogens is 264 g/mol. The summed E-state index contributed by atoms with van der Waals surface area (Å²) in [6, 6.07) is 11.1. The number of nitrogens with one attached hydrogen (secondary N) is 1. The first kappa shape index (κ1) is 14.5. The van der Waals surface area contributed by atoms with Crippen LogP contribution in [0, 0.1) is 0 Å². The second kappa shape index (κ2) is 7.05. The molecule has 4 heteroatoms. The van der Waals surface area contributed by atoms with Gasteiger partial charge in [0, 0.05) is 38.2 Å². The predicted molar refractivity (Wildman–Crippen MR) is 81.9 cm³/mol. The van der Waals surface area contributed by atoms with E-state index in [2.05, 4.69) is 17.4 Å². The molecule has 0 unspecified atom stereocenters. The summed E-state index contributed by atoms with van der Waals surface area (Å²) in [5.41, 5.74) is 1.20. The Kier molecular flexibility index (Phi) is 4.88. The maximum Gasteiger partial charge on any atom is 0.224 e. The van der Waals surface area contributed by atoms with E-state index < -0.39 is 0 Å². The molecule has 2 bridgehead atoms. The highest BCUT2D eigenvalue weighted by Crippen LogP contribution is 2.21. The van der Waals surface area contributed by atoms with Gasteiger partial charge in [0.25, 0.3) is 0 Å². The van der Waals surface area contributed by atoms with Gasteiger partial charge in [-0.3, -0.25) is 4.79 Å². The van der Waals surface area contributed by atoms with Gasteiger partial charge in [0.05, 0.1) is 6.61 Å². The van der Waals surface area contributed by atoms with Crippen molar-refractivity contribution in [3.8, 4) is 0 Å². The Labute approximate surface area is 126 Å². The molecule has 21 heavy (non-hydrogen) atoms. The molecule has 1 amide bonds. The van der Waals surface area contributed by atoms with Crippen molar-refractivity contribution in [1.82, 2.24) is 10.2 Å². The summed E-state index contributed by atoms with van der Waals surface area (Å²) in [5, 5.41) is 3.54. The molecule has 0 radical (unpaired) electrons. The lowest BCUT2D eigenvalue weighted by Crippen LogP contribution is -2.38. The van der Waals surface area contributed by atoms with E-state index in [0.29, 0.717) is 37.6 Å². The summed E-state index contributed by atoms with van der Waals surface area (Å²) in [4.78, 5) is 14.2. The molecule has 1 N–H and O–H groups in total.